The van der Waals surface area contributed by atoms with E-state index in [9.17, 15) is 9.59 Å². The molecule has 0 aliphatic carbocycles. The van der Waals surface area contributed by atoms with E-state index < -0.39 is 11.9 Å². The molecule has 4 nitrogen and oxygen atoms in total. The van der Waals surface area contributed by atoms with E-state index in [4.69, 9.17) is 10.2 Å². The Kier molecular flexibility index (Phi) is 3.91. The first kappa shape index (κ1) is 12.7. The molecule has 0 saturated carbocycles. The molecule has 0 spiro atoms. The molecule has 0 bridgehead atoms. The number of carboxylic acid groups (broad SMARTS) is 2. The third-order valence-corrected chi connectivity index (χ3v) is 3.90. The summed E-state index contributed by atoms with van der Waals surface area (Å²) in [5.74, 6) is -1.95. The number of rotatable bonds is 2. The van der Waals surface area contributed by atoms with Gasteiger partial charge in [0.05, 0.1) is 0 Å². The molecule has 0 atom stereocenters. The van der Waals surface area contributed by atoms with Crippen molar-refractivity contribution in [3.8, 4) is 0 Å². The van der Waals surface area contributed by atoms with E-state index in [0.29, 0.717) is 9.40 Å². The molecule has 2 aromatic rings. The zero-order valence-electron chi connectivity index (χ0n) is 8.68. The Bertz CT molecular complexity index is 458. The fourth-order valence-electron chi connectivity index (χ4n) is 1.05. The number of thiophene rings is 2. The summed E-state index contributed by atoms with van der Waals surface area (Å²) in [6.07, 6.45) is 0. The van der Waals surface area contributed by atoms with Gasteiger partial charge in [0.25, 0.3) is 0 Å². The van der Waals surface area contributed by atoms with Crippen LogP contribution >= 0.6 is 22.7 Å². The van der Waals surface area contributed by atoms with Crippen molar-refractivity contribution in [3.05, 3.63) is 21.9 Å². The van der Waals surface area contributed by atoms with Crippen LogP contribution in [0.25, 0.3) is 9.40 Å². The van der Waals surface area contributed by atoms with Gasteiger partial charge in [-0.2, -0.15) is 0 Å². The summed E-state index contributed by atoms with van der Waals surface area (Å²) >= 11 is 2.18. The molecule has 2 heterocycles. The van der Waals surface area contributed by atoms with E-state index in [1.165, 1.54) is 12.1 Å². The Balaban J connectivity index is 0.00000112. The van der Waals surface area contributed by atoms with Crippen LogP contribution in [0.15, 0.2) is 12.1 Å². The molecule has 0 aliphatic rings. The maximum Gasteiger partial charge on any atom is 1.00 e. The number of carbonyl (C=O) groups is 2. The van der Waals surface area contributed by atoms with Crippen LogP contribution in [0.4, 0.5) is 0 Å². The topological polar surface area (TPSA) is 74.6 Å². The maximum atomic E-state index is 10.6. The number of carboxylic acids is 2. The first-order valence-corrected chi connectivity index (χ1v) is 5.21. The molecule has 0 fully saturated rings. The minimum atomic E-state index is -0.977. The van der Waals surface area contributed by atoms with Crippen molar-refractivity contribution in [2.45, 2.75) is 0 Å². The molecular weight excluding hydrogens is 247 g/mol. The minimum absolute atomic E-state index is 0. The largest absolute Gasteiger partial charge is 1.00 e. The summed E-state index contributed by atoms with van der Waals surface area (Å²) in [5, 5.41) is 17.4. The zero-order chi connectivity index (χ0) is 10.3. The fourth-order valence-corrected chi connectivity index (χ4v) is 3.12. The van der Waals surface area contributed by atoms with Gasteiger partial charge in [-0.25, -0.2) is 9.59 Å². The second-order valence-corrected chi connectivity index (χ2v) is 4.73. The van der Waals surface area contributed by atoms with E-state index in [1.54, 1.807) is 0 Å². The molecule has 7 heteroatoms. The molecule has 2 aromatic heterocycles. The third kappa shape index (κ3) is 2.40. The van der Waals surface area contributed by atoms with Crippen LogP contribution in [0.3, 0.4) is 0 Å². The maximum absolute atomic E-state index is 10.6. The van der Waals surface area contributed by atoms with E-state index in [2.05, 4.69) is 0 Å². The van der Waals surface area contributed by atoms with Crippen molar-refractivity contribution < 1.29 is 50.8 Å². The molecule has 2 rings (SSSR count). The summed E-state index contributed by atoms with van der Waals surface area (Å²) in [7, 11) is 0. The molecule has 2 N–H and O–H groups in total. The average molecular weight is 252 g/mol. The van der Waals surface area contributed by atoms with Gasteiger partial charge >= 0.3 is 41.5 Å². The summed E-state index contributed by atoms with van der Waals surface area (Å²) < 4.78 is 1.43. The molecule has 0 radical (unpaired) electrons. The first-order valence-electron chi connectivity index (χ1n) is 3.58. The molecular formula is C8H5NaO4S2. The summed E-state index contributed by atoms with van der Waals surface area (Å²) in [6.45, 7) is 0. The predicted molar refractivity (Wildman–Crippen MR) is 54.7 cm³/mol. The summed E-state index contributed by atoms with van der Waals surface area (Å²) in [6, 6.07) is 3.00. The predicted octanol–water partition coefficient (Wildman–Crippen LogP) is -0.524. The minimum Gasteiger partial charge on any atom is -1.00 e. The van der Waals surface area contributed by atoms with Gasteiger partial charge < -0.3 is 11.6 Å². The molecule has 0 amide bonds. The quantitative estimate of drug-likeness (QED) is 0.705. The van der Waals surface area contributed by atoms with Gasteiger partial charge in [-0.15, -0.1) is 22.7 Å². The van der Waals surface area contributed by atoms with Gasteiger partial charge in [0, 0.05) is 9.40 Å². The average Bonchev–Trinajstić information content (AvgIpc) is 2.57. The van der Waals surface area contributed by atoms with Crippen LogP contribution in [-0.4, -0.2) is 22.2 Å². The standard InChI is InChI=1S/C8H4O4S2.Na.H/c9-7(10)5-1-3-4(14-5)2-6(13-3)8(11)12;;/h1-2H,(H,9,10)(H,11,12);;/q;+1;-1. The van der Waals surface area contributed by atoms with Crippen LogP contribution in [0.1, 0.15) is 20.8 Å². The number of aromatic carboxylic acids is 2. The van der Waals surface area contributed by atoms with Gasteiger partial charge in [0.1, 0.15) is 9.75 Å². The van der Waals surface area contributed by atoms with E-state index in [1.807, 2.05) is 0 Å². The Morgan fingerprint density at radius 2 is 1.33 bits per heavy atom. The van der Waals surface area contributed by atoms with Crippen molar-refractivity contribution >= 4 is 44.0 Å². The zero-order valence-corrected chi connectivity index (χ0v) is 11.3. The van der Waals surface area contributed by atoms with Crippen molar-refractivity contribution in [2.24, 2.45) is 0 Å². The van der Waals surface area contributed by atoms with Crippen molar-refractivity contribution in [1.29, 1.82) is 0 Å². The smallest absolute Gasteiger partial charge is 1.00 e. The number of hydrogen-bond donors (Lipinski definition) is 2. The van der Waals surface area contributed by atoms with Gasteiger partial charge in [-0.3, -0.25) is 0 Å². The number of fused-ring (bicyclic) bond motifs is 1. The van der Waals surface area contributed by atoms with Gasteiger partial charge in [0.2, 0.25) is 0 Å². The molecule has 0 saturated heterocycles. The number of hydrogen-bond acceptors (Lipinski definition) is 4. The van der Waals surface area contributed by atoms with Gasteiger partial charge in [0.15, 0.2) is 0 Å². The van der Waals surface area contributed by atoms with Crippen LogP contribution in [-0.2, 0) is 0 Å². The van der Waals surface area contributed by atoms with Gasteiger partial charge in [-0.1, -0.05) is 0 Å². The van der Waals surface area contributed by atoms with Crippen LogP contribution in [0.5, 0.6) is 0 Å². The Labute approximate surface area is 116 Å². The Morgan fingerprint density at radius 1 is 1.00 bits per heavy atom. The fraction of sp³-hybridized carbons (Fsp3) is 0. The second kappa shape index (κ2) is 4.63. The molecule has 0 aromatic carbocycles. The summed E-state index contributed by atoms with van der Waals surface area (Å²) in [4.78, 5) is 21.7. The summed E-state index contributed by atoms with van der Waals surface area (Å²) in [5.41, 5.74) is 0. The van der Waals surface area contributed by atoms with Crippen molar-refractivity contribution in [1.82, 2.24) is 0 Å². The molecule has 15 heavy (non-hydrogen) atoms. The first-order chi connectivity index (χ1) is 6.58. The second-order valence-electron chi connectivity index (χ2n) is 2.56. The van der Waals surface area contributed by atoms with Crippen molar-refractivity contribution in [3.63, 3.8) is 0 Å². The van der Waals surface area contributed by atoms with E-state index in [-0.39, 0.29) is 40.7 Å². The van der Waals surface area contributed by atoms with E-state index in [0.717, 1.165) is 22.7 Å². The SMILES string of the molecule is O=C(O)c1cc2sc(C(=O)O)cc2s1.[H-].[Na+]. The monoisotopic (exact) mass is 252 g/mol. The van der Waals surface area contributed by atoms with Gasteiger partial charge in [-0.05, 0) is 12.1 Å². The molecule has 74 valence electrons. The molecule has 0 aliphatic heterocycles. The van der Waals surface area contributed by atoms with E-state index >= 15 is 0 Å². The van der Waals surface area contributed by atoms with Crippen LogP contribution in [0.2, 0.25) is 0 Å². The third-order valence-electron chi connectivity index (χ3n) is 1.63. The Hall–Kier alpha value is -0.400. The molecule has 0 unspecified atom stereocenters. The van der Waals surface area contributed by atoms with Crippen LogP contribution < -0.4 is 29.6 Å². The normalized spacial score (nSPS) is 9.87. The Morgan fingerprint density at radius 3 is 1.60 bits per heavy atom. The van der Waals surface area contributed by atoms with Crippen molar-refractivity contribution in [2.75, 3.05) is 0 Å². The van der Waals surface area contributed by atoms with Crippen LogP contribution in [0, 0.1) is 0 Å².